The quantitative estimate of drug-likeness (QED) is 0.485. The van der Waals surface area contributed by atoms with Gasteiger partial charge in [0.15, 0.2) is 11.6 Å². The van der Waals surface area contributed by atoms with Crippen molar-refractivity contribution in [3.63, 3.8) is 0 Å². The van der Waals surface area contributed by atoms with Crippen LogP contribution in [0.2, 0.25) is 0 Å². The second kappa shape index (κ2) is 10.5. The molecule has 1 fully saturated rings. The fourth-order valence-electron chi connectivity index (χ4n) is 4.23. The summed E-state index contributed by atoms with van der Waals surface area (Å²) in [4.78, 5) is 11.3. The maximum absolute atomic E-state index is 13.7. The summed E-state index contributed by atoms with van der Waals surface area (Å²) >= 11 is 0. The zero-order chi connectivity index (χ0) is 25.9. The lowest BCUT2D eigenvalue weighted by molar-refractivity contribution is -0.290. The molecule has 0 unspecified atom stereocenters. The summed E-state index contributed by atoms with van der Waals surface area (Å²) in [6, 6.07) is 11.9. The third-order valence-electron chi connectivity index (χ3n) is 5.66. The Kier molecular flexibility index (Phi) is 7.37. The van der Waals surface area contributed by atoms with Crippen LogP contribution in [0, 0.1) is 11.6 Å². The molecule has 4 rings (SSSR count). The number of tetrazole rings is 1. The molecule has 2 heterocycles. The lowest BCUT2D eigenvalue weighted by Gasteiger charge is -2.39. The number of carboxylic acids is 1. The van der Waals surface area contributed by atoms with E-state index < -0.39 is 35.6 Å². The molecule has 0 spiro atoms. The maximum Gasteiger partial charge on any atom is 0.305 e. The second-order valence-corrected chi connectivity index (χ2v) is 8.92. The third-order valence-corrected chi connectivity index (χ3v) is 5.66. The van der Waals surface area contributed by atoms with Crippen molar-refractivity contribution in [1.29, 1.82) is 0 Å². The van der Waals surface area contributed by atoms with E-state index in [1.165, 1.54) is 28.9 Å². The van der Waals surface area contributed by atoms with E-state index in [-0.39, 0.29) is 6.42 Å². The first-order chi connectivity index (χ1) is 17.1. The van der Waals surface area contributed by atoms with Gasteiger partial charge in [-0.15, -0.1) is 5.10 Å². The standard InChI is InChI=1S/C26H26F2N4O4/c1-26(2)35-20(14-21(36-26)15-23(33)34)12-13-22(25-29-30-31-32(25)3)24(16-4-8-18(27)9-5-16)17-6-10-19(28)11-7-17/h4-13,20-21H,14-15H2,1-3H3,(H,33,34)/b13-12-/t20-,21-/m1/s1. The SMILES string of the molecule is Cn1nnnc1C(/C=C\[C@@H]1C[C@H](CC(=O)O)OC(C)(C)O1)=C(c1ccc(F)cc1)c1ccc(F)cc1. The Bertz CT molecular complexity index is 1240. The molecule has 0 saturated carbocycles. The fourth-order valence-corrected chi connectivity index (χ4v) is 4.23. The number of aromatic nitrogens is 4. The molecule has 1 saturated heterocycles. The zero-order valence-corrected chi connectivity index (χ0v) is 20.1. The third kappa shape index (κ3) is 6.07. The molecule has 1 aliphatic rings. The van der Waals surface area contributed by atoms with Crippen LogP contribution >= 0.6 is 0 Å². The number of rotatable bonds is 7. The fraction of sp³-hybridized carbons (Fsp3) is 0.308. The molecule has 0 aliphatic carbocycles. The topological polar surface area (TPSA) is 99.4 Å². The Hall–Kier alpha value is -3.76. The van der Waals surface area contributed by atoms with E-state index in [0.717, 1.165) is 0 Å². The van der Waals surface area contributed by atoms with Crippen molar-refractivity contribution in [1.82, 2.24) is 20.2 Å². The van der Waals surface area contributed by atoms with Crippen molar-refractivity contribution < 1.29 is 28.2 Å². The Morgan fingerprint density at radius 1 is 1.08 bits per heavy atom. The number of aryl methyl sites for hydroxylation is 1. The summed E-state index contributed by atoms with van der Waals surface area (Å²) < 4.78 is 40.8. The van der Waals surface area contributed by atoms with Gasteiger partial charge < -0.3 is 14.6 Å². The number of hydrogen-bond acceptors (Lipinski definition) is 6. The van der Waals surface area contributed by atoms with E-state index in [1.807, 2.05) is 0 Å². The van der Waals surface area contributed by atoms with Crippen LogP contribution in [-0.2, 0) is 21.3 Å². The number of nitrogens with zero attached hydrogens (tertiary/aromatic N) is 4. The number of halogens is 2. The smallest absolute Gasteiger partial charge is 0.305 e. The van der Waals surface area contributed by atoms with Crippen molar-refractivity contribution in [2.75, 3.05) is 0 Å². The Morgan fingerprint density at radius 3 is 2.17 bits per heavy atom. The summed E-state index contributed by atoms with van der Waals surface area (Å²) in [5.74, 6) is -2.31. The highest BCUT2D eigenvalue weighted by Crippen LogP contribution is 2.34. The van der Waals surface area contributed by atoms with Gasteiger partial charge in [-0.1, -0.05) is 36.4 Å². The van der Waals surface area contributed by atoms with Crippen molar-refractivity contribution >= 4 is 17.1 Å². The second-order valence-electron chi connectivity index (χ2n) is 8.92. The average molecular weight is 497 g/mol. The lowest BCUT2D eigenvalue weighted by Crippen LogP contribution is -2.44. The van der Waals surface area contributed by atoms with Gasteiger partial charge in [0.05, 0.1) is 18.6 Å². The van der Waals surface area contributed by atoms with Gasteiger partial charge >= 0.3 is 5.97 Å². The molecule has 2 aromatic carbocycles. The van der Waals surface area contributed by atoms with E-state index in [4.69, 9.17) is 9.47 Å². The number of carboxylic acid groups (broad SMARTS) is 1. The normalized spacial score (nSPS) is 19.4. The van der Waals surface area contributed by atoms with Gasteiger partial charge in [-0.25, -0.2) is 13.5 Å². The van der Waals surface area contributed by atoms with Crippen LogP contribution in [0.1, 0.15) is 43.6 Å². The van der Waals surface area contributed by atoms with Gasteiger partial charge in [0.1, 0.15) is 11.6 Å². The van der Waals surface area contributed by atoms with Crippen molar-refractivity contribution in [3.8, 4) is 0 Å². The zero-order valence-electron chi connectivity index (χ0n) is 20.1. The molecular formula is C26H26F2N4O4. The summed E-state index contributed by atoms with van der Waals surface area (Å²) in [6.07, 6.45) is 2.78. The molecule has 0 radical (unpaired) electrons. The molecule has 36 heavy (non-hydrogen) atoms. The molecule has 1 aliphatic heterocycles. The van der Waals surface area contributed by atoms with E-state index in [1.54, 1.807) is 57.3 Å². The van der Waals surface area contributed by atoms with Crippen LogP contribution < -0.4 is 0 Å². The number of hydrogen-bond donors (Lipinski definition) is 1. The van der Waals surface area contributed by atoms with E-state index in [0.29, 0.717) is 34.5 Å². The predicted molar refractivity (Wildman–Crippen MR) is 127 cm³/mol. The number of aliphatic carboxylic acids is 1. The average Bonchev–Trinajstić information content (AvgIpc) is 3.22. The number of carbonyl (C=O) groups is 1. The largest absolute Gasteiger partial charge is 0.481 e. The minimum absolute atomic E-state index is 0.149. The van der Waals surface area contributed by atoms with E-state index in [9.17, 15) is 18.7 Å². The van der Waals surface area contributed by atoms with Gasteiger partial charge in [0.25, 0.3) is 0 Å². The number of allylic oxidation sites excluding steroid dienone is 2. The summed E-state index contributed by atoms with van der Waals surface area (Å²) in [6.45, 7) is 3.46. The summed E-state index contributed by atoms with van der Waals surface area (Å²) in [7, 11) is 1.69. The van der Waals surface area contributed by atoms with Crippen LogP contribution in [0.3, 0.4) is 0 Å². The highest BCUT2D eigenvalue weighted by atomic mass is 19.1. The lowest BCUT2D eigenvalue weighted by atomic mass is 9.91. The molecular weight excluding hydrogens is 470 g/mol. The Morgan fingerprint density at radius 2 is 1.67 bits per heavy atom. The number of benzene rings is 2. The van der Waals surface area contributed by atoms with Crippen molar-refractivity contribution in [2.45, 2.75) is 44.7 Å². The van der Waals surface area contributed by atoms with Crippen molar-refractivity contribution in [3.05, 3.63) is 89.3 Å². The molecule has 1 N–H and O–H groups in total. The molecule has 3 aromatic rings. The number of ether oxygens (including phenoxy) is 2. The molecule has 8 nitrogen and oxygen atoms in total. The van der Waals surface area contributed by atoms with Crippen LogP contribution in [-0.4, -0.2) is 49.3 Å². The minimum atomic E-state index is -0.986. The highest BCUT2D eigenvalue weighted by Gasteiger charge is 2.35. The molecule has 188 valence electrons. The first-order valence-corrected chi connectivity index (χ1v) is 11.4. The highest BCUT2D eigenvalue weighted by molar-refractivity contribution is 6.00. The first-order valence-electron chi connectivity index (χ1n) is 11.4. The molecule has 0 amide bonds. The monoisotopic (exact) mass is 496 g/mol. The Labute approximate surface area is 206 Å². The molecule has 10 heteroatoms. The van der Waals surface area contributed by atoms with Gasteiger partial charge in [-0.3, -0.25) is 4.79 Å². The van der Waals surface area contributed by atoms with Crippen LogP contribution in [0.5, 0.6) is 0 Å². The van der Waals surface area contributed by atoms with E-state index in [2.05, 4.69) is 15.5 Å². The summed E-state index contributed by atoms with van der Waals surface area (Å²) in [5.41, 5.74) is 2.58. The predicted octanol–water partition coefficient (Wildman–Crippen LogP) is 4.39. The van der Waals surface area contributed by atoms with Crippen LogP contribution in [0.15, 0.2) is 60.7 Å². The molecule has 1 aromatic heterocycles. The van der Waals surface area contributed by atoms with Crippen LogP contribution in [0.4, 0.5) is 8.78 Å². The molecule has 2 atom stereocenters. The maximum atomic E-state index is 13.7. The van der Waals surface area contributed by atoms with Crippen molar-refractivity contribution in [2.24, 2.45) is 7.05 Å². The van der Waals surface area contributed by atoms with E-state index >= 15 is 0 Å². The summed E-state index contributed by atoms with van der Waals surface area (Å²) in [5, 5.41) is 21.1. The Balaban J connectivity index is 1.85. The van der Waals surface area contributed by atoms with Gasteiger partial charge in [-0.05, 0) is 65.2 Å². The van der Waals surface area contributed by atoms with Gasteiger partial charge in [-0.2, -0.15) is 0 Å². The molecule has 0 bridgehead atoms. The van der Waals surface area contributed by atoms with Crippen LogP contribution in [0.25, 0.3) is 11.1 Å². The van der Waals surface area contributed by atoms with Gasteiger partial charge in [0.2, 0.25) is 0 Å². The first kappa shape index (κ1) is 25.3. The minimum Gasteiger partial charge on any atom is -0.481 e. The van der Waals surface area contributed by atoms with Gasteiger partial charge in [0, 0.05) is 19.0 Å².